The average molecular weight is 465 g/mol. The second-order valence-corrected chi connectivity index (χ2v) is 8.91. The van der Waals surface area contributed by atoms with E-state index in [1.54, 1.807) is 24.3 Å². The van der Waals surface area contributed by atoms with Crippen LogP contribution in [0.4, 0.5) is 0 Å². The van der Waals surface area contributed by atoms with E-state index >= 15 is 0 Å². The Morgan fingerprint density at radius 1 is 1.21 bits per heavy atom. The van der Waals surface area contributed by atoms with E-state index in [0.29, 0.717) is 29.7 Å². The van der Waals surface area contributed by atoms with Crippen molar-refractivity contribution in [3.8, 4) is 10.9 Å². The lowest BCUT2D eigenvalue weighted by Gasteiger charge is -2.25. The normalized spacial score (nSPS) is 11.4. The summed E-state index contributed by atoms with van der Waals surface area (Å²) in [5.41, 5.74) is 3.58. The first-order valence-corrected chi connectivity index (χ1v) is 11.8. The standard InChI is InChI=1S/C25H28N4O3S/c1-5-28(13-17(3)14-29(6-2)18(4)30)15-19-16-31-22-12-20(9-10-21(19)22)32-25-27-24-23(33-25)8-7-11-26-24/h7-12,16H,3,5-6,13-15H2,1-2,4H3. The lowest BCUT2D eigenvalue weighted by molar-refractivity contribution is -0.128. The second kappa shape index (κ2) is 10.1. The van der Waals surface area contributed by atoms with E-state index in [-0.39, 0.29) is 5.91 Å². The number of fused-ring (bicyclic) bond motifs is 2. The minimum atomic E-state index is 0.0719. The van der Waals surface area contributed by atoms with E-state index in [0.717, 1.165) is 46.4 Å². The van der Waals surface area contributed by atoms with E-state index in [4.69, 9.17) is 9.15 Å². The highest BCUT2D eigenvalue weighted by Crippen LogP contribution is 2.33. The molecule has 0 aliphatic rings. The van der Waals surface area contributed by atoms with E-state index < -0.39 is 0 Å². The number of hydrogen-bond acceptors (Lipinski definition) is 7. The second-order valence-electron chi connectivity index (χ2n) is 7.91. The Bertz CT molecular complexity index is 1250. The van der Waals surface area contributed by atoms with Crippen molar-refractivity contribution in [3.63, 3.8) is 0 Å². The Kier molecular flexibility index (Phi) is 7.05. The third-order valence-electron chi connectivity index (χ3n) is 5.51. The molecule has 4 rings (SSSR count). The van der Waals surface area contributed by atoms with Crippen molar-refractivity contribution in [1.29, 1.82) is 0 Å². The minimum Gasteiger partial charge on any atom is -0.464 e. The molecule has 7 nitrogen and oxygen atoms in total. The van der Waals surface area contributed by atoms with Gasteiger partial charge >= 0.3 is 0 Å². The molecule has 0 aliphatic heterocycles. The number of thiazole rings is 1. The summed E-state index contributed by atoms with van der Waals surface area (Å²) in [6.07, 6.45) is 3.52. The predicted molar refractivity (Wildman–Crippen MR) is 132 cm³/mol. The van der Waals surface area contributed by atoms with Gasteiger partial charge in [0.2, 0.25) is 5.91 Å². The van der Waals surface area contributed by atoms with Gasteiger partial charge in [-0.1, -0.05) is 24.8 Å². The van der Waals surface area contributed by atoms with Crippen molar-refractivity contribution >= 4 is 38.6 Å². The first-order chi connectivity index (χ1) is 16.0. The summed E-state index contributed by atoms with van der Waals surface area (Å²) in [7, 11) is 0. The Balaban J connectivity index is 1.43. The van der Waals surface area contributed by atoms with Gasteiger partial charge in [-0.25, -0.2) is 4.98 Å². The molecule has 3 heterocycles. The minimum absolute atomic E-state index is 0.0719. The lowest BCUT2D eigenvalue weighted by atomic mass is 10.1. The summed E-state index contributed by atoms with van der Waals surface area (Å²) in [5, 5.41) is 1.61. The van der Waals surface area contributed by atoms with Crippen LogP contribution in [0, 0.1) is 0 Å². The van der Waals surface area contributed by atoms with Crippen LogP contribution in [0.25, 0.3) is 21.3 Å². The first-order valence-electron chi connectivity index (χ1n) is 11.0. The third-order valence-corrected chi connectivity index (χ3v) is 6.40. The largest absolute Gasteiger partial charge is 0.464 e. The fraction of sp³-hybridized carbons (Fsp3) is 0.320. The Hall–Kier alpha value is -3.23. The zero-order valence-electron chi connectivity index (χ0n) is 19.2. The highest BCUT2D eigenvalue weighted by molar-refractivity contribution is 7.20. The number of benzene rings is 1. The topological polar surface area (TPSA) is 71.7 Å². The molecule has 4 aromatic rings. The van der Waals surface area contributed by atoms with Gasteiger partial charge in [0.05, 0.1) is 11.0 Å². The quantitative estimate of drug-likeness (QED) is 0.290. The van der Waals surface area contributed by atoms with Crippen LogP contribution in [0.5, 0.6) is 10.9 Å². The molecular weight excluding hydrogens is 436 g/mol. The maximum atomic E-state index is 11.7. The van der Waals surface area contributed by atoms with E-state index in [2.05, 4.69) is 28.4 Å². The molecule has 0 bridgehead atoms. The number of nitrogens with zero attached hydrogens (tertiary/aromatic N) is 4. The molecule has 0 spiro atoms. The van der Waals surface area contributed by atoms with Gasteiger partial charge in [-0.3, -0.25) is 9.69 Å². The number of furan rings is 1. The molecule has 1 aromatic carbocycles. The number of likely N-dealkylation sites (N-methyl/N-ethyl adjacent to an activating group) is 2. The molecule has 0 atom stereocenters. The summed E-state index contributed by atoms with van der Waals surface area (Å²) >= 11 is 1.46. The number of aromatic nitrogens is 2. The molecule has 172 valence electrons. The summed E-state index contributed by atoms with van der Waals surface area (Å²) in [6.45, 7) is 13.5. The Labute approximate surface area is 197 Å². The first kappa shape index (κ1) is 22.9. The van der Waals surface area contributed by atoms with Crippen LogP contribution < -0.4 is 4.74 Å². The van der Waals surface area contributed by atoms with E-state index in [1.165, 1.54) is 11.3 Å². The smallest absolute Gasteiger partial charge is 0.281 e. The number of amides is 1. The summed E-state index contributed by atoms with van der Waals surface area (Å²) < 4.78 is 12.8. The van der Waals surface area contributed by atoms with Crippen molar-refractivity contribution in [2.75, 3.05) is 26.2 Å². The number of ether oxygens (including phenoxy) is 1. The predicted octanol–water partition coefficient (Wildman–Crippen LogP) is 5.48. The molecule has 0 radical (unpaired) electrons. The van der Waals surface area contributed by atoms with Crippen molar-refractivity contribution < 1.29 is 13.9 Å². The maximum Gasteiger partial charge on any atom is 0.281 e. The number of carbonyl (C=O) groups is 1. The number of hydrogen-bond donors (Lipinski definition) is 0. The van der Waals surface area contributed by atoms with Gasteiger partial charge in [-0.15, -0.1) is 0 Å². The number of pyridine rings is 1. The van der Waals surface area contributed by atoms with Gasteiger partial charge in [-0.2, -0.15) is 4.98 Å². The van der Waals surface area contributed by atoms with Crippen molar-refractivity contribution in [2.45, 2.75) is 27.3 Å². The number of rotatable bonds is 10. The Morgan fingerprint density at radius 2 is 2.06 bits per heavy atom. The van der Waals surface area contributed by atoms with Crippen molar-refractivity contribution in [1.82, 2.24) is 19.8 Å². The van der Waals surface area contributed by atoms with Crippen molar-refractivity contribution in [3.05, 3.63) is 60.5 Å². The zero-order chi connectivity index (χ0) is 23.4. The fourth-order valence-electron chi connectivity index (χ4n) is 3.75. The van der Waals surface area contributed by atoms with Gasteiger partial charge in [-0.05, 0) is 43.3 Å². The fourth-order valence-corrected chi connectivity index (χ4v) is 4.54. The number of carbonyl (C=O) groups excluding carboxylic acids is 1. The lowest BCUT2D eigenvalue weighted by Crippen LogP contribution is -2.34. The highest BCUT2D eigenvalue weighted by Gasteiger charge is 2.15. The van der Waals surface area contributed by atoms with Gasteiger partial charge in [0.15, 0.2) is 5.65 Å². The average Bonchev–Trinajstić information content (AvgIpc) is 3.39. The van der Waals surface area contributed by atoms with Crippen LogP contribution in [0.15, 0.2) is 59.4 Å². The molecule has 8 heteroatoms. The molecule has 3 aromatic heterocycles. The Morgan fingerprint density at radius 3 is 2.79 bits per heavy atom. The van der Waals surface area contributed by atoms with Crippen LogP contribution in [0.2, 0.25) is 0 Å². The monoisotopic (exact) mass is 464 g/mol. The summed E-state index contributed by atoms with van der Waals surface area (Å²) in [6, 6.07) is 9.70. The molecule has 33 heavy (non-hydrogen) atoms. The molecule has 0 aliphatic carbocycles. The maximum absolute atomic E-state index is 11.7. The van der Waals surface area contributed by atoms with Gasteiger partial charge < -0.3 is 14.1 Å². The zero-order valence-corrected chi connectivity index (χ0v) is 20.0. The SMILES string of the molecule is C=C(CN(CC)Cc1coc2cc(Oc3nc4ncccc4s3)ccc12)CN(CC)C(C)=O. The highest BCUT2D eigenvalue weighted by atomic mass is 32.1. The molecule has 0 saturated carbocycles. The van der Waals surface area contributed by atoms with Crippen LogP contribution in [-0.4, -0.2) is 51.9 Å². The molecule has 0 unspecified atom stereocenters. The molecule has 1 amide bonds. The van der Waals surface area contributed by atoms with Gasteiger partial charge in [0.25, 0.3) is 5.19 Å². The van der Waals surface area contributed by atoms with Crippen molar-refractivity contribution in [2.24, 2.45) is 0 Å². The van der Waals surface area contributed by atoms with Gasteiger partial charge in [0, 0.05) is 56.3 Å². The molecule has 0 N–H and O–H groups in total. The molecule has 0 fully saturated rings. The van der Waals surface area contributed by atoms with Gasteiger partial charge in [0.1, 0.15) is 11.3 Å². The van der Waals surface area contributed by atoms with Crippen LogP contribution >= 0.6 is 11.3 Å². The van der Waals surface area contributed by atoms with Crippen LogP contribution in [0.3, 0.4) is 0 Å². The van der Waals surface area contributed by atoms with E-state index in [1.807, 2.05) is 37.3 Å². The van der Waals surface area contributed by atoms with Crippen LogP contribution in [0.1, 0.15) is 26.3 Å². The molecule has 0 saturated heterocycles. The summed E-state index contributed by atoms with van der Waals surface area (Å²) in [4.78, 5) is 24.5. The van der Waals surface area contributed by atoms with Crippen LogP contribution in [-0.2, 0) is 11.3 Å². The third kappa shape index (κ3) is 5.40. The summed E-state index contributed by atoms with van der Waals surface area (Å²) in [5.74, 6) is 0.745. The van der Waals surface area contributed by atoms with E-state index in [9.17, 15) is 4.79 Å². The molecular formula is C25H28N4O3S.